The molecular weight excluding hydrogens is 583 g/mol. The highest BCUT2D eigenvalue weighted by Crippen LogP contribution is 2.32. The third-order valence-electron chi connectivity index (χ3n) is 6.26. The molecule has 0 aliphatic carbocycles. The predicted molar refractivity (Wildman–Crippen MR) is 169 cm³/mol. The van der Waals surface area contributed by atoms with Gasteiger partial charge in [0.2, 0.25) is 0 Å². The number of halogens is 1. The van der Waals surface area contributed by atoms with Crippen molar-refractivity contribution in [3.05, 3.63) is 113 Å². The molecule has 7 heteroatoms. The fraction of sp³-hybridized carbons (Fsp3) is 0.273. The van der Waals surface area contributed by atoms with Crippen LogP contribution in [0.15, 0.2) is 108 Å². The maximum atomic E-state index is 12.0. The average molecular weight is 620 g/mol. The fourth-order valence-electron chi connectivity index (χ4n) is 4.11. The van der Waals surface area contributed by atoms with E-state index in [1.54, 1.807) is 11.1 Å². The minimum absolute atomic E-state index is 0.0694. The molecule has 0 saturated carbocycles. The Bertz CT molecular complexity index is 1270. The van der Waals surface area contributed by atoms with Gasteiger partial charge in [0.1, 0.15) is 18.0 Å². The zero-order valence-corrected chi connectivity index (χ0v) is 25.9. The van der Waals surface area contributed by atoms with Crippen LogP contribution in [-0.2, 0) is 4.74 Å². The molecule has 3 aromatic carbocycles. The van der Waals surface area contributed by atoms with Crippen molar-refractivity contribution in [1.29, 1.82) is 0 Å². The second-order valence-electron chi connectivity index (χ2n) is 10.5. The summed E-state index contributed by atoms with van der Waals surface area (Å²) in [5.74, 6) is 0.698. The van der Waals surface area contributed by atoms with Crippen LogP contribution >= 0.6 is 23.9 Å². The summed E-state index contributed by atoms with van der Waals surface area (Å²) >= 11 is 3.43. The van der Waals surface area contributed by atoms with Gasteiger partial charge in [0.05, 0.1) is 17.9 Å². The molecule has 1 aliphatic heterocycles. The molecule has 1 aromatic heterocycles. The molecule has 0 unspecified atom stereocenters. The number of nitrogens with zero attached hydrogens (tertiary/aromatic N) is 2. The van der Waals surface area contributed by atoms with Gasteiger partial charge >= 0.3 is 6.09 Å². The second kappa shape index (κ2) is 13.9. The quantitative estimate of drug-likeness (QED) is 0.219. The topological polar surface area (TPSA) is 51.7 Å². The van der Waals surface area contributed by atoms with Crippen molar-refractivity contribution in [3.8, 4) is 5.75 Å². The van der Waals surface area contributed by atoms with E-state index in [2.05, 4.69) is 112 Å². The highest BCUT2D eigenvalue weighted by atomic mass is 79.9. The largest absolute Gasteiger partial charge is 0.490 e. The molecule has 5 nitrogen and oxygen atoms in total. The van der Waals surface area contributed by atoms with Gasteiger partial charge < -0.3 is 14.4 Å². The van der Waals surface area contributed by atoms with Crippen molar-refractivity contribution in [1.82, 2.24) is 9.88 Å². The Balaban J connectivity index is 0.000000186. The van der Waals surface area contributed by atoms with Crippen LogP contribution in [0.2, 0.25) is 0 Å². The number of carbonyl (C=O) groups is 1. The zero-order chi connectivity index (χ0) is 28.5. The van der Waals surface area contributed by atoms with Gasteiger partial charge in [-0.25, -0.2) is 4.79 Å². The van der Waals surface area contributed by atoms with Crippen molar-refractivity contribution in [2.45, 2.75) is 45.8 Å². The number of carbonyl (C=O) groups excluding carboxylic acids is 1. The van der Waals surface area contributed by atoms with Crippen LogP contribution in [0.3, 0.4) is 0 Å². The SMILES string of the molecule is Cc1ncc(OC[C@@H]2CCN2C(=O)OC(C)(C)C)cc1Br.c1ccc(P(c2ccccc2)c2ccccc2)cc1. The Morgan fingerprint density at radius 3 is 1.82 bits per heavy atom. The summed E-state index contributed by atoms with van der Waals surface area (Å²) in [6, 6.07) is 34.3. The fourth-order valence-corrected chi connectivity index (χ4v) is 6.75. The van der Waals surface area contributed by atoms with Gasteiger partial charge in [-0.2, -0.15) is 0 Å². The van der Waals surface area contributed by atoms with Crippen molar-refractivity contribution in [2.24, 2.45) is 0 Å². The summed E-state index contributed by atoms with van der Waals surface area (Å²) in [4.78, 5) is 17.9. The van der Waals surface area contributed by atoms with Crippen LogP contribution in [0.4, 0.5) is 4.79 Å². The van der Waals surface area contributed by atoms with E-state index in [9.17, 15) is 4.79 Å². The molecule has 208 valence electrons. The molecule has 0 radical (unpaired) electrons. The normalized spacial score (nSPS) is 14.6. The lowest BCUT2D eigenvalue weighted by molar-refractivity contribution is -0.0141. The van der Waals surface area contributed by atoms with E-state index < -0.39 is 13.5 Å². The van der Waals surface area contributed by atoms with Gasteiger partial charge in [-0.1, -0.05) is 91.0 Å². The van der Waals surface area contributed by atoms with E-state index in [1.165, 1.54) is 15.9 Å². The Labute approximate surface area is 247 Å². The lowest BCUT2D eigenvalue weighted by Crippen LogP contribution is -2.55. The van der Waals surface area contributed by atoms with Crippen molar-refractivity contribution in [2.75, 3.05) is 13.2 Å². The van der Waals surface area contributed by atoms with Gasteiger partial charge in [-0.15, -0.1) is 0 Å². The lowest BCUT2D eigenvalue weighted by atomic mass is 10.1. The second-order valence-corrected chi connectivity index (χ2v) is 13.6. The number of rotatable bonds is 6. The Kier molecular flexibility index (Phi) is 10.4. The molecule has 0 spiro atoms. The van der Waals surface area contributed by atoms with Gasteiger partial charge in [-0.3, -0.25) is 4.98 Å². The van der Waals surface area contributed by atoms with E-state index >= 15 is 0 Å². The molecule has 2 heterocycles. The first kappa shape index (κ1) is 29.8. The number of aryl methyl sites for hydroxylation is 1. The molecule has 40 heavy (non-hydrogen) atoms. The van der Waals surface area contributed by atoms with Gasteiger partial charge in [0.15, 0.2) is 0 Å². The number of pyridine rings is 1. The third kappa shape index (κ3) is 8.39. The maximum absolute atomic E-state index is 12.0. The number of likely N-dealkylation sites (tertiary alicyclic amines) is 1. The number of benzene rings is 3. The molecule has 4 aromatic rings. The minimum Gasteiger partial charge on any atom is -0.490 e. The van der Waals surface area contributed by atoms with Crippen LogP contribution < -0.4 is 20.7 Å². The van der Waals surface area contributed by atoms with Crippen LogP contribution in [-0.4, -0.2) is 40.8 Å². The zero-order valence-electron chi connectivity index (χ0n) is 23.5. The van der Waals surface area contributed by atoms with Crippen molar-refractivity contribution in [3.63, 3.8) is 0 Å². The van der Waals surface area contributed by atoms with Crippen LogP contribution in [0.25, 0.3) is 0 Å². The number of aromatic nitrogens is 1. The highest BCUT2D eigenvalue weighted by molar-refractivity contribution is 9.10. The first-order chi connectivity index (χ1) is 19.2. The van der Waals surface area contributed by atoms with E-state index in [0.717, 1.165) is 23.1 Å². The molecule has 0 N–H and O–H groups in total. The van der Waals surface area contributed by atoms with E-state index in [0.29, 0.717) is 12.4 Å². The molecule has 1 aliphatic rings. The lowest BCUT2D eigenvalue weighted by Gasteiger charge is -2.40. The third-order valence-corrected chi connectivity index (χ3v) is 9.50. The number of hydrogen-bond acceptors (Lipinski definition) is 4. The summed E-state index contributed by atoms with van der Waals surface area (Å²) in [5, 5.41) is 4.19. The Hall–Kier alpha value is -3.21. The van der Waals surface area contributed by atoms with E-state index in [1.807, 2.05) is 33.8 Å². The average Bonchev–Trinajstić information content (AvgIpc) is 2.91. The highest BCUT2D eigenvalue weighted by Gasteiger charge is 2.35. The first-order valence-corrected chi connectivity index (χ1v) is 15.5. The van der Waals surface area contributed by atoms with Gasteiger partial charge in [0.25, 0.3) is 0 Å². The summed E-state index contributed by atoms with van der Waals surface area (Å²) in [7, 11) is -0.446. The molecule has 5 rings (SSSR count). The van der Waals surface area contributed by atoms with Crippen LogP contribution in [0.5, 0.6) is 5.75 Å². The van der Waals surface area contributed by atoms with Gasteiger partial charge in [-0.05, 0) is 79.9 Å². The Morgan fingerprint density at radius 2 is 1.43 bits per heavy atom. The van der Waals surface area contributed by atoms with Crippen LogP contribution in [0.1, 0.15) is 32.9 Å². The minimum atomic E-state index is -0.468. The summed E-state index contributed by atoms with van der Waals surface area (Å²) in [6.07, 6.45) is 2.35. The van der Waals surface area contributed by atoms with Crippen molar-refractivity contribution < 1.29 is 14.3 Å². The summed E-state index contributed by atoms with van der Waals surface area (Å²) in [6.45, 7) is 8.70. The Morgan fingerprint density at radius 1 is 0.925 bits per heavy atom. The smallest absolute Gasteiger partial charge is 0.410 e. The van der Waals surface area contributed by atoms with E-state index in [4.69, 9.17) is 9.47 Å². The molecule has 0 bridgehead atoms. The molecule has 1 atom stereocenters. The number of hydrogen-bond donors (Lipinski definition) is 0. The van der Waals surface area contributed by atoms with Crippen molar-refractivity contribution >= 4 is 45.9 Å². The standard InChI is InChI=1S/C18H15P.C15H21BrN2O3/c1-4-10-16(11-5-1)19(17-12-6-2-7-13-17)18-14-8-3-9-15-18;1-10-13(16)7-12(8-17-10)20-9-11-5-6-18(11)14(19)21-15(2,3)4/h1-15H;7-8,11H,5-6,9H2,1-4H3/t;11-/m.0/s1. The first-order valence-electron chi connectivity index (χ1n) is 13.4. The predicted octanol–water partition coefficient (Wildman–Crippen LogP) is 6.99. The summed E-state index contributed by atoms with van der Waals surface area (Å²) < 4.78 is 12.0. The van der Waals surface area contributed by atoms with Crippen LogP contribution in [0, 0.1) is 6.92 Å². The number of amides is 1. The van der Waals surface area contributed by atoms with E-state index in [-0.39, 0.29) is 12.1 Å². The molecule has 1 amide bonds. The van der Waals surface area contributed by atoms with Gasteiger partial charge in [0, 0.05) is 11.0 Å². The maximum Gasteiger partial charge on any atom is 0.410 e. The monoisotopic (exact) mass is 618 g/mol. The number of ether oxygens (including phenoxy) is 2. The molecule has 1 saturated heterocycles. The molecule has 1 fully saturated rings. The molecular formula is C33H36BrN2O3P. The summed E-state index contributed by atoms with van der Waals surface area (Å²) in [5.41, 5.74) is 0.450.